The van der Waals surface area contributed by atoms with Crippen LogP contribution in [-0.2, 0) is 19.3 Å². The summed E-state index contributed by atoms with van der Waals surface area (Å²) < 4.78 is 44.5. The molecule has 0 amide bonds. The fourth-order valence-electron chi connectivity index (χ4n) is 3.85. The summed E-state index contributed by atoms with van der Waals surface area (Å²) in [4.78, 5) is 10.8. The summed E-state index contributed by atoms with van der Waals surface area (Å²) in [6.45, 7) is 3.80. The second kappa shape index (κ2) is 7.24. The summed E-state index contributed by atoms with van der Waals surface area (Å²) in [5.74, 6) is 0.127. The van der Waals surface area contributed by atoms with Crippen LogP contribution in [0, 0.1) is 5.82 Å². The molecule has 4 rings (SSSR count). The lowest BCUT2D eigenvalue weighted by Crippen LogP contribution is -2.45. The highest BCUT2D eigenvalue weighted by atomic mass is 35.5. The predicted molar refractivity (Wildman–Crippen MR) is 104 cm³/mol. The fourth-order valence-corrected chi connectivity index (χ4v) is 6.18. The second-order valence-electron chi connectivity index (χ2n) is 7.30. The van der Waals surface area contributed by atoms with Gasteiger partial charge in [-0.25, -0.2) is 22.8 Å². The summed E-state index contributed by atoms with van der Waals surface area (Å²) in [5, 5.41) is 0.0202. The standard InChI is InChI=1S/C19H21ClFN3O3S/c1-13-12-27-10-9-24(13)17-11-16(22-18(20)23-17)19(7-2-8-19)28(25,26)15-5-3-14(21)4-6-15/h3-6,11,13H,2,7-10,12H2,1H3/t13-/m0/s1. The summed E-state index contributed by atoms with van der Waals surface area (Å²) in [5.41, 5.74) is 0.400. The van der Waals surface area contributed by atoms with E-state index < -0.39 is 20.4 Å². The zero-order valence-electron chi connectivity index (χ0n) is 15.4. The number of aromatic nitrogens is 2. The second-order valence-corrected chi connectivity index (χ2v) is 9.90. The number of nitrogens with zero attached hydrogens (tertiary/aromatic N) is 3. The molecule has 0 radical (unpaired) electrons. The molecule has 1 aliphatic heterocycles. The minimum Gasteiger partial charge on any atom is -0.377 e. The zero-order valence-corrected chi connectivity index (χ0v) is 17.0. The number of morpholine rings is 1. The lowest BCUT2D eigenvalue weighted by Gasteiger charge is -2.41. The third-order valence-electron chi connectivity index (χ3n) is 5.61. The number of halogens is 2. The molecule has 9 heteroatoms. The van der Waals surface area contributed by atoms with E-state index in [1.54, 1.807) is 6.07 Å². The molecular weight excluding hydrogens is 405 g/mol. The molecule has 1 aromatic carbocycles. The fraction of sp³-hybridized carbons (Fsp3) is 0.474. The molecule has 1 saturated carbocycles. The van der Waals surface area contributed by atoms with Crippen molar-refractivity contribution in [3.63, 3.8) is 0 Å². The maximum absolute atomic E-state index is 13.5. The Morgan fingerprint density at radius 1 is 1.25 bits per heavy atom. The van der Waals surface area contributed by atoms with Gasteiger partial charge >= 0.3 is 0 Å². The van der Waals surface area contributed by atoms with Gasteiger partial charge in [0.1, 0.15) is 16.4 Å². The van der Waals surface area contributed by atoms with E-state index in [2.05, 4.69) is 14.9 Å². The Balaban J connectivity index is 1.79. The molecule has 1 aliphatic carbocycles. The average molecular weight is 426 g/mol. The van der Waals surface area contributed by atoms with Crippen molar-refractivity contribution in [2.45, 2.75) is 41.9 Å². The van der Waals surface area contributed by atoms with Gasteiger partial charge in [0.05, 0.1) is 29.8 Å². The lowest BCUT2D eigenvalue weighted by atomic mass is 9.81. The maximum Gasteiger partial charge on any atom is 0.224 e. The van der Waals surface area contributed by atoms with Crippen molar-refractivity contribution in [1.82, 2.24) is 9.97 Å². The SMILES string of the molecule is C[C@H]1COCCN1c1cc(C2(S(=O)(=O)c3ccc(F)cc3)CCC2)nc(Cl)n1. The first-order valence-corrected chi connectivity index (χ1v) is 11.1. The molecule has 150 valence electrons. The number of sulfone groups is 1. The highest BCUT2D eigenvalue weighted by Crippen LogP contribution is 2.50. The van der Waals surface area contributed by atoms with Gasteiger partial charge in [-0.1, -0.05) is 0 Å². The van der Waals surface area contributed by atoms with E-state index in [9.17, 15) is 12.8 Å². The zero-order chi connectivity index (χ0) is 19.9. The van der Waals surface area contributed by atoms with Crippen LogP contribution in [-0.4, -0.2) is 44.2 Å². The van der Waals surface area contributed by atoms with E-state index in [1.165, 1.54) is 12.1 Å². The summed E-state index contributed by atoms with van der Waals surface area (Å²) in [7, 11) is -3.77. The van der Waals surface area contributed by atoms with E-state index >= 15 is 0 Å². The molecular formula is C19H21ClFN3O3S. The molecule has 0 unspecified atom stereocenters. The van der Waals surface area contributed by atoms with Gasteiger partial charge in [0.2, 0.25) is 5.28 Å². The van der Waals surface area contributed by atoms with Crippen LogP contribution in [0.25, 0.3) is 0 Å². The Hall–Kier alpha value is -1.77. The van der Waals surface area contributed by atoms with Crippen LogP contribution in [0.15, 0.2) is 35.2 Å². The third kappa shape index (κ3) is 3.17. The van der Waals surface area contributed by atoms with Gasteiger partial charge in [0.15, 0.2) is 9.84 Å². The molecule has 1 aromatic heterocycles. The van der Waals surface area contributed by atoms with Gasteiger partial charge in [0.25, 0.3) is 0 Å². The Kier molecular flexibility index (Phi) is 5.05. The molecule has 0 bridgehead atoms. The van der Waals surface area contributed by atoms with Gasteiger partial charge in [-0.05, 0) is 62.1 Å². The molecule has 2 aromatic rings. The van der Waals surface area contributed by atoms with Crippen molar-refractivity contribution in [2.75, 3.05) is 24.7 Å². The third-order valence-corrected chi connectivity index (χ3v) is 8.32. The van der Waals surface area contributed by atoms with Crippen molar-refractivity contribution in [2.24, 2.45) is 0 Å². The monoisotopic (exact) mass is 425 g/mol. The Bertz CT molecular complexity index is 980. The average Bonchev–Trinajstić information content (AvgIpc) is 2.61. The molecule has 1 saturated heterocycles. The Morgan fingerprint density at radius 3 is 2.57 bits per heavy atom. The van der Waals surface area contributed by atoms with E-state index in [0.717, 1.165) is 18.6 Å². The van der Waals surface area contributed by atoms with Crippen molar-refractivity contribution in [3.8, 4) is 0 Å². The van der Waals surface area contributed by atoms with Crippen LogP contribution in [0.2, 0.25) is 5.28 Å². The number of hydrogen-bond donors (Lipinski definition) is 0. The number of anilines is 1. The van der Waals surface area contributed by atoms with Gasteiger partial charge < -0.3 is 9.64 Å². The van der Waals surface area contributed by atoms with Crippen molar-refractivity contribution >= 4 is 27.3 Å². The molecule has 2 fully saturated rings. The number of hydrogen-bond acceptors (Lipinski definition) is 6. The van der Waals surface area contributed by atoms with Crippen molar-refractivity contribution in [1.29, 1.82) is 0 Å². The maximum atomic E-state index is 13.5. The minimum absolute atomic E-state index is 0.0202. The molecule has 2 aliphatic rings. The molecule has 0 N–H and O–H groups in total. The number of rotatable bonds is 4. The van der Waals surface area contributed by atoms with Crippen LogP contribution in [0.5, 0.6) is 0 Å². The van der Waals surface area contributed by atoms with Crippen LogP contribution in [0.4, 0.5) is 10.2 Å². The van der Waals surface area contributed by atoms with Crippen molar-refractivity contribution < 1.29 is 17.5 Å². The Labute approximate surface area is 168 Å². The Morgan fingerprint density at radius 2 is 1.96 bits per heavy atom. The summed E-state index contributed by atoms with van der Waals surface area (Å²) >= 11 is 6.20. The first-order valence-electron chi connectivity index (χ1n) is 9.23. The first kappa shape index (κ1) is 19.5. The molecule has 6 nitrogen and oxygen atoms in total. The highest BCUT2D eigenvalue weighted by molar-refractivity contribution is 7.92. The first-order chi connectivity index (χ1) is 13.3. The molecule has 28 heavy (non-hydrogen) atoms. The van der Waals surface area contributed by atoms with Gasteiger partial charge in [-0.2, -0.15) is 0 Å². The van der Waals surface area contributed by atoms with Gasteiger partial charge in [0, 0.05) is 12.6 Å². The van der Waals surface area contributed by atoms with E-state index in [4.69, 9.17) is 16.3 Å². The molecule has 1 atom stereocenters. The van der Waals surface area contributed by atoms with E-state index in [1.807, 2.05) is 6.92 Å². The summed E-state index contributed by atoms with van der Waals surface area (Å²) in [6, 6.07) is 6.75. The highest BCUT2D eigenvalue weighted by Gasteiger charge is 2.52. The van der Waals surface area contributed by atoms with Gasteiger partial charge in [-0.3, -0.25) is 0 Å². The lowest BCUT2D eigenvalue weighted by molar-refractivity contribution is 0.0985. The summed E-state index contributed by atoms with van der Waals surface area (Å²) in [6.07, 6.45) is 1.65. The predicted octanol–water partition coefficient (Wildman–Crippen LogP) is 3.35. The normalized spacial score (nSPS) is 22.0. The quantitative estimate of drug-likeness (QED) is 0.552. The van der Waals surface area contributed by atoms with Crippen LogP contribution < -0.4 is 4.90 Å². The smallest absolute Gasteiger partial charge is 0.224 e. The minimum atomic E-state index is -3.77. The van der Waals surface area contributed by atoms with Crippen LogP contribution >= 0.6 is 11.6 Å². The van der Waals surface area contributed by atoms with E-state index in [0.29, 0.717) is 44.1 Å². The molecule has 0 spiro atoms. The topological polar surface area (TPSA) is 72.4 Å². The van der Waals surface area contributed by atoms with Crippen LogP contribution in [0.1, 0.15) is 31.9 Å². The number of benzene rings is 1. The van der Waals surface area contributed by atoms with E-state index in [-0.39, 0.29) is 16.2 Å². The van der Waals surface area contributed by atoms with Crippen molar-refractivity contribution in [3.05, 3.63) is 47.1 Å². The van der Waals surface area contributed by atoms with Gasteiger partial charge in [-0.15, -0.1) is 0 Å². The molecule has 2 heterocycles. The largest absolute Gasteiger partial charge is 0.377 e. The van der Waals surface area contributed by atoms with Crippen LogP contribution in [0.3, 0.4) is 0 Å². The number of ether oxygens (including phenoxy) is 1.